The highest BCUT2D eigenvalue weighted by Crippen LogP contribution is 2.43. The van der Waals surface area contributed by atoms with Gasteiger partial charge in [0.1, 0.15) is 6.04 Å². The summed E-state index contributed by atoms with van der Waals surface area (Å²) in [5, 5.41) is 11.3. The molecule has 5 rings (SSSR count). The van der Waals surface area contributed by atoms with Crippen LogP contribution in [0.1, 0.15) is 54.4 Å². The van der Waals surface area contributed by atoms with Crippen LogP contribution in [0.15, 0.2) is 42.5 Å². The number of piperidine rings is 1. The van der Waals surface area contributed by atoms with Gasteiger partial charge in [-0.25, -0.2) is 9.59 Å². The molecule has 0 bridgehead atoms. The second-order valence-electron chi connectivity index (χ2n) is 10.7. The van der Waals surface area contributed by atoms with E-state index in [0.29, 0.717) is 41.3 Å². The third-order valence-corrected chi connectivity index (χ3v) is 8.04. The molecular weight excluding hydrogens is 566 g/mol. The topological polar surface area (TPSA) is 155 Å². The molecule has 2 fully saturated rings. The molecule has 2 aromatic rings. The molecule has 0 aromatic heterocycles. The Morgan fingerprint density at radius 1 is 1.14 bits per heavy atom. The minimum Gasteiger partial charge on any atom is -0.453 e. The molecule has 1 saturated heterocycles. The van der Waals surface area contributed by atoms with Crippen LogP contribution >= 0.6 is 11.6 Å². The van der Waals surface area contributed by atoms with Crippen molar-refractivity contribution in [1.29, 1.82) is 0 Å². The van der Waals surface area contributed by atoms with Gasteiger partial charge >= 0.3 is 12.2 Å². The number of rotatable bonds is 7. The van der Waals surface area contributed by atoms with Gasteiger partial charge in [-0.05, 0) is 74.6 Å². The van der Waals surface area contributed by atoms with Crippen molar-refractivity contribution in [2.24, 2.45) is 0 Å². The summed E-state index contributed by atoms with van der Waals surface area (Å²) in [6.07, 6.45) is 2.23. The first-order valence-electron chi connectivity index (χ1n) is 13.8. The molecule has 2 heterocycles. The van der Waals surface area contributed by atoms with Crippen molar-refractivity contribution in [2.75, 3.05) is 30.8 Å². The fraction of sp³-hybridized carbons (Fsp3) is 0.414. The normalized spacial score (nSPS) is 20.2. The molecule has 5 amide bonds. The van der Waals surface area contributed by atoms with E-state index < -0.39 is 35.6 Å². The fourth-order valence-corrected chi connectivity index (χ4v) is 5.62. The second-order valence-corrected chi connectivity index (χ2v) is 11.1. The van der Waals surface area contributed by atoms with Crippen LogP contribution < -0.4 is 21.3 Å². The molecule has 1 spiro atoms. The summed E-state index contributed by atoms with van der Waals surface area (Å²) in [7, 11) is 1.24. The highest BCUT2D eigenvalue weighted by molar-refractivity contribution is 6.30. The predicted molar refractivity (Wildman–Crippen MR) is 153 cm³/mol. The molecular formula is C29H32ClN5O7. The summed E-state index contributed by atoms with van der Waals surface area (Å²) in [6.45, 7) is 0.392. The van der Waals surface area contributed by atoms with Gasteiger partial charge in [0.05, 0.1) is 25.8 Å². The highest BCUT2D eigenvalue weighted by atomic mass is 35.5. The summed E-state index contributed by atoms with van der Waals surface area (Å²) in [4.78, 5) is 65.5. The first-order valence-corrected chi connectivity index (χ1v) is 14.2. The average Bonchev–Trinajstić information content (AvgIpc) is 2.95. The summed E-state index contributed by atoms with van der Waals surface area (Å²) in [6, 6.07) is 9.99. The molecule has 3 aliphatic rings. The van der Waals surface area contributed by atoms with Crippen molar-refractivity contribution in [2.45, 2.75) is 56.2 Å². The third kappa shape index (κ3) is 6.43. The number of amides is 5. The average molecular weight is 598 g/mol. The quantitative estimate of drug-likeness (QED) is 0.379. The molecule has 1 aliphatic carbocycles. The lowest BCUT2D eigenvalue weighted by Crippen LogP contribution is -2.58. The van der Waals surface area contributed by atoms with Crippen molar-refractivity contribution >= 4 is 52.9 Å². The number of carbonyl (C=O) groups excluding carboxylic acids is 5. The lowest BCUT2D eigenvalue weighted by atomic mass is 9.83. The van der Waals surface area contributed by atoms with Gasteiger partial charge < -0.3 is 25.0 Å². The maximum absolute atomic E-state index is 14.0. The van der Waals surface area contributed by atoms with Crippen LogP contribution in [0.4, 0.5) is 21.0 Å². The summed E-state index contributed by atoms with van der Waals surface area (Å²) in [5.74, 6) is -1.37. The van der Waals surface area contributed by atoms with Crippen molar-refractivity contribution in [3.8, 4) is 0 Å². The Balaban J connectivity index is 1.35. The number of benzene rings is 2. The van der Waals surface area contributed by atoms with Gasteiger partial charge in [-0.1, -0.05) is 11.6 Å². The van der Waals surface area contributed by atoms with Gasteiger partial charge in [-0.3, -0.25) is 25.0 Å². The van der Waals surface area contributed by atoms with Crippen molar-refractivity contribution in [3.63, 3.8) is 0 Å². The Morgan fingerprint density at radius 2 is 1.90 bits per heavy atom. The zero-order valence-corrected chi connectivity index (χ0v) is 23.8. The number of halogens is 1. The maximum atomic E-state index is 14.0. The third-order valence-electron chi connectivity index (χ3n) is 7.81. The Hall–Kier alpha value is -4.32. The number of ether oxygens (including phenoxy) is 2. The number of hydrogen-bond donors (Lipinski definition) is 4. The van der Waals surface area contributed by atoms with Gasteiger partial charge in [-0.15, -0.1) is 0 Å². The molecule has 4 N–H and O–H groups in total. The molecule has 42 heavy (non-hydrogen) atoms. The van der Waals surface area contributed by atoms with Gasteiger partial charge in [0.15, 0.2) is 5.60 Å². The number of hydrogen-bond acceptors (Lipinski definition) is 7. The molecule has 2 aromatic carbocycles. The summed E-state index contributed by atoms with van der Waals surface area (Å²) >= 11 is 6.27. The largest absolute Gasteiger partial charge is 0.453 e. The van der Waals surface area contributed by atoms with Crippen LogP contribution in [0.5, 0.6) is 0 Å². The zero-order valence-electron chi connectivity index (χ0n) is 23.0. The predicted octanol–water partition coefficient (Wildman–Crippen LogP) is 3.76. The van der Waals surface area contributed by atoms with E-state index in [9.17, 15) is 24.0 Å². The number of fused-ring (bicyclic) bond motifs is 2. The van der Waals surface area contributed by atoms with E-state index in [1.165, 1.54) is 36.3 Å². The molecule has 222 valence electrons. The lowest BCUT2D eigenvalue weighted by Gasteiger charge is -2.45. The monoisotopic (exact) mass is 597 g/mol. The minimum atomic E-state index is -1.17. The maximum Gasteiger partial charge on any atom is 0.412 e. The van der Waals surface area contributed by atoms with Gasteiger partial charge in [0.2, 0.25) is 11.8 Å². The number of likely N-dealkylation sites (tertiary alicyclic amines) is 1. The SMILES string of the molecule is COC(=O)Nc1ccc(C(=O)N[C@@H](CC(=O)NC2CCC2)C(=O)N2CCC[C@@]3(C2)OC(=O)Nc2ccc(Cl)cc23)cc1. The summed E-state index contributed by atoms with van der Waals surface area (Å²) < 4.78 is 10.4. The van der Waals surface area contributed by atoms with Crippen molar-refractivity contribution < 1.29 is 33.4 Å². The first-order chi connectivity index (χ1) is 20.2. The zero-order chi connectivity index (χ0) is 29.9. The molecule has 0 unspecified atom stereocenters. The van der Waals surface area contributed by atoms with E-state index in [4.69, 9.17) is 16.3 Å². The number of nitrogens with one attached hydrogen (secondary N) is 4. The minimum absolute atomic E-state index is 0.0388. The molecule has 1 saturated carbocycles. The van der Waals surface area contributed by atoms with Gasteiger partial charge in [0.25, 0.3) is 5.91 Å². The van der Waals surface area contributed by atoms with Crippen LogP contribution in [0, 0.1) is 0 Å². The molecule has 13 heteroatoms. The van der Waals surface area contributed by atoms with E-state index in [1.54, 1.807) is 18.2 Å². The second kappa shape index (κ2) is 12.3. The van der Waals surface area contributed by atoms with E-state index in [2.05, 4.69) is 26.0 Å². The van der Waals surface area contributed by atoms with Gasteiger partial charge in [0, 0.05) is 34.4 Å². The van der Waals surface area contributed by atoms with Gasteiger partial charge in [-0.2, -0.15) is 0 Å². The number of carbonyl (C=O) groups is 5. The van der Waals surface area contributed by atoms with Crippen LogP contribution in [0.25, 0.3) is 0 Å². The summed E-state index contributed by atoms with van der Waals surface area (Å²) in [5.41, 5.74) is 0.743. The van der Waals surface area contributed by atoms with E-state index in [-0.39, 0.29) is 30.5 Å². The van der Waals surface area contributed by atoms with Crippen molar-refractivity contribution in [3.05, 3.63) is 58.6 Å². The van der Waals surface area contributed by atoms with E-state index in [1.807, 2.05) is 0 Å². The van der Waals surface area contributed by atoms with Crippen LogP contribution in [-0.4, -0.2) is 67.1 Å². The Kier molecular flexibility index (Phi) is 8.53. The molecule has 12 nitrogen and oxygen atoms in total. The fourth-order valence-electron chi connectivity index (χ4n) is 5.44. The van der Waals surface area contributed by atoms with Crippen LogP contribution in [0.2, 0.25) is 5.02 Å². The Labute approximate surface area is 247 Å². The molecule has 0 radical (unpaired) electrons. The smallest absolute Gasteiger partial charge is 0.412 e. The number of methoxy groups -OCH3 is 1. The van der Waals surface area contributed by atoms with Crippen LogP contribution in [-0.2, 0) is 24.7 Å². The molecule has 2 aliphatic heterocycles. The Morgan fingerprint density at radius 3 is 2.60 bits per heavy atom. The molecule has 2 atom stereocenters. The number of nitrogens with zero attached hydrogens (tertiary/aromatic N) is 1. The first kappa shape index (κ1) is 29.2. The number of anilines is 2. The Bertz CT molecular complexity index is 1400. The van der Waals surface area contributed by atoms with Crippen LogP contribution in [0.3, 0.4) is 0 Å². The highest BCUT2D eigenvalue weighted by Gasteiger charge is 2.47. The lowest BCUT2D eigenvalue weighted by molar-refractivity contribution is -0.142. The van der Waals surface area contributed by atoms with E-state index >= 15 is 0 Å². The van der Waals surface area contributed by atoms with Crippen molar-refractivity contribution in [1.82, 2.24) is 15.5 Å². The van der Waals surface area contributed by atoms with E-state index in [0.717, 1.165) is 19.3 Å². The standard InChI is InChI=1S/C29H32ClN5O7/c1-41-27(39)32-20-9-6-17(7-10-20)25(37)33-23(15-24(36)31-19-4-2-5-19)26(38)35-13-3-12-29(16-35)21-14-18(30)8-11-22(21)34-28(40)42-29/h6-11,14,19,23H,2-5,12-13,15-16H2,1H3,(H,31,36)(H,32,39)(H,33,37)(H,34,40)/t23-,29-/m0/s1.